The topological polar surface area (TPSA) is 33.2 Å². The first kappa shape index (κ1) is 12.0. The van der Waals surface area contributed by atoms with Gasteiger partial charge in [-0.2, -0.15) is 4.39 Å². The van der Waals surface area contributed by atoms with Gasteiger partial charge in [0.15, 0.2) is 0 Å². The number of pyridine rings is 1. The molecule has 0 N–H and O–H groups in total. The van der Waals surface area contributed by atoms with Gasteiger partial charge in [0.2, 0.25) is 5.95 Å². The van der Waals surface area contributed by atoms with E-state index in [2.05, 4.69) is 4.98 Å². The third-order valence-electron chi connectivity index (χ3n) is 3.35. The average Bonchev–Trinajstić information content (AvgIpc) is 2.27. The Balaban J connectivity index is 2.05. The lowest BCUT2D eigenvalue weighted by molar-refractivity contribution is 0.0706. The van der Waals surface area contributed by atoms with Gasteiger partial charge in [-0.05, 0) is 31.7 Å². The van der Waals surface area contributed by atoms with Crippen LogP contribution in [0.4, 0.5) is 4.39 Å². The van der Waals surface area contributed by atoms with Crippen LogP contribution in [0.15, 0.2) is 18.3 Å². The summed E-state index contributed by atoms with van der Waals surface area (Å²) in [5, 5.41) is 0. The number of rotatable bonds is 4. The fourth-order valence-electron chi connectivity index (χ4n) is 2.06. The zero-order chi connectivity index (χ0) is 12.3. The van der Waals surface area contributed by atoms with Gasteiger partial charge in [-0.3, -0.25) is 4.79 Å². The SMILES string of the molecule is CCN(CC1CCC1)C(=O)c1ccnc(F)c1. The molecule has 1 aromatic heterocycles. The number of hydrogen-bond donors (Lipinski definition) is 0. The average molecular weight is 236 g/mol. The molecule has 3 nitrogen and oxygen atoms in total. The van der Waals surface area contributed by atoms with Crippen molar-refractivity contribution in [1.82, 2.24) is 9.88 Å². The molecule has 0 atom stereocenters. The van der Waals surface area contributed by atoms with Gasteiger partial charge >= 0.3 is 0 Å². The summed E-state index contributed by atoms with van der Waals surface area (Å²) in [4.78, 5) is 17.4. The van der Waals surface area contributed by atoms with E-state index in [1.807, 2.05) is 6.92 Å². The Kier molecular flexibility index (Phi) is 3.71. The van der Waals surface area contributed by atoms with E-state index in [4.69, 9.17) is 0 Å². The molecule has 0 aromatic carbocycles. The number of aromatic nitrogens is 1. The predicted molar refractivity (Wildman–Crippen MR) is 63.1 cm³/mol. The lowest BCUT2D eigenvalue weighted by Crippen LogP contribution is -2.37. The summed E-state index contributed by atoms with van der Waals surface area (Å²) in [6.45, 7) is 3.41. The Bertz CT molecular complexity index is 404. The highest BCUT2D eigenvalue weighted by Gasteiger charge is 2.23. The first-order valence-electron chi connectivity index (χ1n) is 6.11. The maximum atomic E-state index is 13.0. The maximum Gasteiger partial charge on any atom is 0.254 e. The fraction of sp³-hybridized carbons (Fsp3) is 0.538. The highest BCUT2D eigenvalue weighted by Crippen LogP contribution is 2.27. The van der Waals surface area contributed by atoms with Crippen LogP contribution in [-0.4, -0.2) is 28.9 Å². The molecule has 0 saturated heterocycles. The zero-order valence-corrected chi connectivity index (χ0v) is 10.0. The van der Waals surface area contributed by atoms with Crippen LogP contribution < -0.4 is 0 Å². The van der Waals surface area contributed by atoms with Gasteiger partial charge in [0, 0.05) is 30.9 Å². The summed E-state index contributed by atoms with van der Waals surface area (Å²) < 4.78 is 13.0. The van der Waals surface area contributed by atoms with Crippen LogP contribution in [-0.2, 0) is 0 Å². The Morgan fingerprint density at radius 1 is 1.59 bits per heavy atom. The molecule has 1 aromatic rings. The molecular weight excluding hydrogens is 219 g/mol. The molecule has 2 rings (SSSR count). The van der Waals surface area contributed by atoms with Gasteiger partial charge in [0.1, 0.15) is 0 Å². The Labute approximate surface area is 101 Å². The molecule has 92 valence electrons. The van der Waals surface area contributed by atoms with Crippen molar-refractivity contribution in [2.45, 2.75) is 26.2 Å². The molecule has 1 amide bonds. The van der Waals surface area contributed by atoms with E-state index in [-0.39, 0.29) is 5.91 Å². The summed E-state index contributed by atoms with van der Waals surface area (Å²) in [6, 6.07) is 2.76. The predicted octanol–water partition coefficient (Wildman–Crippen LogP) is 2.48. The second-order valence-corrected chi connectivity index (χ2v) is 4.51. The highest BCUT2D eigenvalue weighted by molar-refractivity contribution is 5.94. The van der Waals surface area contributed by atoms with E-state index >= 15 is 0 Å². The summed E-state index contributed by atoms with van der Waals surface area (Å²) in [5.74, 6) is -0.0677. The normalized spacial score (nSPS) is 15.4. The van der Waals surface area contributed by atoms with E-state index in [1.54, 1.807) is 11.0 Å². The largest absolute Gasteiger partial charge is 0.339 e. The van der Waals surface area contributed by atoms with Crippen molar-refractivity contribution in [3.63, 3.8) is 0 Å². The quantitative estimate of drug-likeness (QED) is 0.752. The van der Waals surface area contributed by atoms with E-state index < -0.39 is 5.95 Å². The minimum atomic E-state index is -0.601. The van der Waals surface area contributed by atoms with Crippen LogP contribution >= 0.6 is 0 Å². The van der Waals surface area contributed by atoms with Crippen molar-refractivity contribution >= 4 is 5.91 Å². The summed E-state index contributed by atoms with van der Waals surface area (Å²) in [6.07, 6.45) is 5.00. The number of halogens is 1. The van der Waals surface area contributed by atoms with Gasteiger partial charge in [0.05, 0.1) is 0 Å². The molecule has 0 spiro atoms. The van der Waals surface area contributed by atoms with Gasteiger partial charge in [-0.15, -0.1) is 0 Å². The molecule has 0 bridgehead atoms. The van der Waals surface area contributed by atoms with Gasteiger partial charge in [-0.1, -0.05) is 6.42 Å². The number of carbonyl (C=O) groups excluding carboxylic acids is 1. The molecule has 1 saturated carbocycles. The van der Waals surface area contributed by atoms with E-state index in [0.29, 0.717) is 18.0 Å². The number of hydrogen-bond acceptors (Lipinski definition) is 2. The van der Waals surface area contributed by atoms with Gasteiger partial charge in [0.25, 0.3) is 5.91 Å². The van der Waals surface area contributed by atoms with Crippen LogP contribution in [0.25, 0.3) is 0 Å². The van der Waals surface area contributed by atoms with Crippen molar-refractivity contribution < 1.29 is 9.18 Å². The Hall–Kier alpha value is -1.45. The monoisotopic (exact) mass is 236 g/mol. The minimum absolute atomic E-state index is 0.0966. The lowest BCUT2D eigenvalue weighted by Gasteiger charge is -2.31. The molecule has 1 aliphatic rings. The van der Waals surface area contributed by atoms with Crippen molar-refractivity contribution in [3.05, 3.63) is 29.8 Å². The maximum absolute atomic E-state index is 13.0. The second-order valence-electron chi connectivity index (χ2n) is 4.51. The van der Waals surface area contributed by atoms with Crippen molar-refractivity contribution in [1.29, 1.82) is 0 Å². The smallest absolute Gasteiger partial charge is 0.254 e. The molecule has 0 aliphatic heterocycles. The zero-order valence-electron chi connectivity index (χ0n) is 10.0. The first-order chi connectivity index (χ1) is 8.20. The Morgan fingerprint density at radius 2 is 2.35 bits per heavy atom. The molecule has 4 heteroatoms. The van der Waals surface area contributed by atoms with E-state index in [9.17, 15) is 9.18 Å². The Morgan fingerprint density at radius 3 is 2.88 bits per heavy atom. The van der Waals surface area contributed by atoms with Crippen molar-refractivity contribution in [2.24, 2.45) is 5.92 Å². The first-order valence-corrected chi connectivity index (χ1v) is 6.11. The third-order valence-corrected chi connectivity index (χ3v) is 3.35. The summed E-state index contributed by atoms with van der Waals surface area (Å²) in [7, 11) is 0. The van der Waals surface area contributed by atoms with Crippen LogP contribution in [0.3, 0.4) is 0 Å². The molecule has 0 radical (unpaired) electrons. The van der Waals surface area contributed by atoms with Gasteiger partial charge < -0.3 is 4.90 Å². The molecular formula is C13H17FN2O. The third kappa shape index (κ3) is 2.81. The van der Waals surface area contributed by atoms with E-state index in [1.165, 1.54) is 31.5 Å². The molecule has 0 unspecified atom stereocenters. The number of amides is 1. The fourth-order valence-corrected chi connectivity index (χ4v) is 2.06. The highest BCUT2D eigenvalue weighted by atomic mass is 19.1. The molecule has 1 aliphatic carbocycles. The number of nitrogens with zero attached hydrogens (tertiary/aromatic N) is 2. The van der Waals surface area contributed by atoms with Crippen molar-refractivity contribution in [2.75, 3.05) is 13.1 Å². The van der Waals surface area contributed by atoms with Crippen LogP contribution in [0, 0.1) is 11.9 Å². The minimum Gasteiger partial charge on any atom is -0.339 e. The second kappa shape index (κ2) is 5.25. The molecule has 1 fully saturated rings. The van der Waals surface area contributed by atoms with Crippen LogP contribution in [0.1, 0.15) is 36.5 Å². The van der Waals surface area contributed by atoms with Crippen LogP contribution in [0.5, 0.6) is 0 Å². The molecule has 17 heavy (non-hydrogen) atoms. The summed E-state index contributed by atoms with van der Waals surface area (Å²) >= 11 is 0. The van der Waals surface area contributed by atoms with Gasteiger partial charge in [-0.25, -0.2) is 4.98 Å². The van der Waals surface area contributed by atoms with E-state index in [0.717, 1.165) is 6.54 Å². The number of carbonyl (C=O) groups is 1. The lowest BCUT2D eigenvalue weighted by atomic mass is 9.85. The standard InChI is InChI=1S/C13H17FN2O/c1-2-16(9-10-4-3-5-10)13(17)11-6-7-15-12(14)8-11/h6-8,10H,2-5,9H2,1H3. The molecule has 1 heterocycles. The van der Waals surface area contributed by atoms with Crippen molar-refractivity contribution in [3.8, 4) is 0 Å². The van der Waals surface area contributed by atoms with Crippen LogP contribution in [0.2, 0.25) is 0 Å². The summed E-state index contributed by atoms with van der Waals surface area (Å²) in [5.41, 5.74) is 0.388.